The monoisotopic (exact) mass is 501 g/mol. The van der Waals surface area contributed by atoms with Gasteiger partial charge in [-0.15, -0.1) is 0 Å². The zero-order chi connectivity index (χ0) is 26.7. The summed E-state index contributed by atoms with van der Waals surface area (Å²) in [5, 5.41) is 11.4. The number of ketones is 1. The molecule has 3 aromatic carbocycles. The highest BCUT2D eigenvalue weighted by atomic mass is 16.5. The lowest BCUT2D eigenvalue weighted by atomic mass is 9.94. The Labute approximate surface area is 216 Å². The van der Waals surface area contributed by atoms with E-state index in [2.05, 4.69) is 0 Å². The van der Waals surface area contributed by atoms with Crippen molar-refractivity contribution in [3.8, 4) is 17.2 Å². The van der Waals surface area contributed by atoms with Crippen LogP contribution in [0.25, 0.3) is 5.76 Å². The number of aliphatic hydroxyl groups excluding tert-OH is 1. The standard InChI is InChI=1S/C30H31NO6/c1-6-36-23-13-9-20(10-14-23)28(32)26-27(21-11-15-24(35-5)25(17-21)37-7-2)31(30(34)29(26)33)22-12-8-18(3)19(4)16-22/h8-17,27,32H,6-7H2,1-5H3/b28-26+. The number of nitrogens with zero attached hydrogens (tertiary/aromatic N) is 1. The number of hydrogen-bond acceptors (Lipinski definition) is 6. The number of hydrogen-bond donors (Lipinski definition) is 1. The summed E-state index contributed by atoms with van der Waals surface area (Å²) in [6.07, 6.45) is 0. The molecule has 0 aliphatic carbocycles. The topological polar surface area (TPSA) is 85.3 Å². The number of ether oxygens (including phenoxy) is 3. The van der Waals surface area contributed by atoms with E-state index in [1.807, 2.05) is 45.9 Å². The molecule has 1 N–H and O–H groups in total. The third-order valence-corrected chi connectivity index (χ3v) is 6.46. The third kappa shape index (κ3) is 4.89. The van der Waals surface area contributed by atoms with Gasteiger partial charge in [0.1, 0.15) is 11.5 Å². The summed E-state index contributed by atoms with van der Waals surface area (Å²) in [7, 11) is 1.55. The smallest absolute Gasteiger partial charge is 0.300 e. The van der Waals surface area contributed by atoms with Crippen LogP contribution < -0.4 is 19.1 Å². The van der Waals surface area contributed by atoms with Crippen LogP contribution in [0.3, 0.4) is 0 Å². The Balaban J connectivity index is 1.93. The van der Waals surface area contributed by atoms with Gasteiger partial charge in [0.2, 0.25) is 0 Å². The maximum atomic E-state index is 13.5. The van der Waals surface area contributed by atoms with Crippen molar-refractivity contribution in [1.29, 1.82) is 0 Å². The van der Waals surface area contributed by atoms with Crippen LogP contribution in [0.5, 0.6) is 17.2 Å². The Hall–Kier alpha value is -4.26. The molecule has 37 heavy (non-hydrogen) atoms. The lowest BCUT2D eigenvalue weighted by molar-refractivity contribution is -0.132. The predicted octanol–water partition coefficient (Wildman–Crippen LogP) is 5.74. The van der Waals surface area contributed by atoms with E-state index in [1.165, 1.54) is 4.90 Å². The van der Waals surface area contributed by atoms with Crippen molar-refractivity contribution in [1.82, 2.24) is 0 Å². The van der Waals surface area contributed by atoms with Crippen molar-refractivity contribution in [3.05, 3.63) is 88.5 Å². The fraction of sp³-hybridized carbons (Fsp3) is 0.267. The molecule has 1 amide bonds. The van der Waals surface area contributed by atoms with Crippen LogP contribution in [0.15, 0.2) is 66.2 Å². The molecule has 1 aliphatic rings. The minimum absolute atomic E-state index is 0.00000302. The van der Waals surface area contributed by atoms with Crippen LogP contribution in [0.2, 0.25) is 0 Å². The first kappa shape index (κ1) is 25.8. The van der Waals surface area contributed by atoms with Crippen molar-refractivity contribution >= 4 is 23.1 Å². The Bertz CT molecular complexity index is 1360. The maximum absolute atomic E-state index is 13.5. The lowest BCUT2D eigenvalue weighted by Crippen LogP contribution is -2.29. The molecule has 1 atom stereocenters. The largest absolute Gasteiger partial charge is 0.507 e. The van der Waals surface area contributed by atoms with Crippen molar-refractivity contribution < 1.29 is 28.9 Å². The number of anilines is 1. The van der Waals surface area contributed by atoms with Crippen LogP contribution in [0, 0.1) is 13.8 Å². The van der Waals surface area contributed by atoms with Crippen LogP contribution in [-0.4, -0.2) is 37.1 Å². The first-order valence-electron chi connectivity index (χ1n) is 12.2. The molecule has 0 saturated carbocycles. The fourth-order valence-electron chi connectivity index (χ4n) is 4.45. The van der Waals surface area contributed by atoms with Gasteiger partial charge < -0.3 is 19.3 Å². The average Bonchev–Trinajstić information content (AvgIpc) is 3.16. The third-order valence-electron chi connectivity index (χ3n) is 6.46. The molecule has 1 unspecified atom stereocenters. The first-order valence-corrected chi connectivity index (χ1v) is 12.2. The Kier molecular flexibility index (Phi) is 7.53. The molecule has 0 aromatic heterocycles. The maximum Gasteiger partial charge on any atom is 0.300 e. The van der Waals surface area contributed by atoms with Gasteiger partial charge in [-0.1, -0.05) is 12.1 Å². The molecule has 0 bridgehead atoms. The van der Waals surface area contributed by atoms with Crippen LogP contribution in [-0.2, 0) is 9.59 Å². The summed E-state index contributed by atoms with van der Waals surface area (Å²) >= 11 is 0. The van der Waals surface area contributed by atoms with Gasteiger partial charge in [-0.3, -0.25) is 14.5 Å². The second-order valence-electron chi connectivity index (χ2n) is 8.74. The van der Waals surface area contributed by atoms with Crippen molar-refractivity contribution in [2.24, 2.45) is 0 Å². The summed E-state index contributed by atoms with van der Waals surface area (Å²) in [5.41, 5.74) is 3.62. The molecule has 0 radical (unpaired) electrons. The minimum atomic E-state index is -0.876. The summed E-state index contributed by atoms with van der Waals surface area (Å²) in [5.74, 6) is -0.0819. The zero-order valence-corrected chi connectivity index (χ0v) is 21.7. The molecule has 1 fully saturated rings. The molecule has 3 aromatic rings. The van der Waals surface area contributed by atoms with Crippen LogP contribution >= 0.6 is 0 Å². The number of methoxy groups -OCH3 is 1. The number of benzene rings is 3. The fourth-order valence-corrected chi connectivity index (χ4v) is 4.45. The molecule has 1 aliphatic heterocycles. The number of aryl methyl sites for hydroxylation is 2. The van der Waals surface area contributed by atoms with Gasteiger partial charge >= 0.3 is 0 Å². The highest BCUT2D eigenvalue weighted by molar-refractivity contribution is 6.51. The molecule has 7 heteroatoms. The summed E-state index contributed by atoms with van der Waals surface area (Å²) in [6, 6.07) is 16.7. The van der Waals surface area contributed by atoms with Crippen molar-refractivity contribution in [2.45, 2.75) is 33.7 Å². The Morgan fingerprint density at radius 2 is 1.57 bits per heavy atom. The van der Waals surface area contributed by atoms with E-state index in [0.717, 1.165) is 11.1 Å². The highest BCUT2D eigenvalue weighted by Crippen LogP contribution is 2.44. The molecular weight excluding hydrogens is 470 g/mol. The van der Waals surface area contributed by atoms with E-state index < -0.39 is 17.7 Å². The van der Waals surface area contributed by atoms with Gasteiger partial charge in [-0.05, 0) is 92.9 Å². The van der Waals surface area contributed by atoms with Crippen LogP contribution in [0.1, 0.15) is 42.1 Å². The zero-order valence-electron chi connectivity index (χ0n) is 21.7. The first-order chi connectivity index (χ1) is 17.8. The van der Waals surface area contributed by atoms with Gasteiger partial charge in [-0.25, -0.2) is 0 Å². The average molecular weight is 502 g/mol. The Morgan fingerprint density at radius 1 is 0.865 bits per heavy atom. The van der Waals surface area contributed by atoms with Gasteiger partial charge in [0.15, 0.2) is 11.5 Å². The Morgan fingerprint density at radius 3 is 2.19 bits per heavy atom. The van der Waals surface area contributed by atoms with Gasteiger partial charge in [0.25, 0.3) is 11.7 Å². The normalized spacial score (nSPS) is 16.7. The van der Waals surface area contributed by atoms with E-state index in [1.54, 1.807) is 49.6 Å². The number of carbonyl (C=O) groups is 2. The second-order valence-corrected chi connectivity index (χ2v) is 8.74. The SMILES string of the molecule is CCOc1ccc(/C(O)=C2\C(=O)C(=O)N(c3ccc(C)c(C)c3)C2c2ccc(OC)c(OCC)c2)cc1. The molecule has 1 heterocycles. The van der Waals surface area contributed by atoms with Gasteiger partial charge in [0.05, 0.1) is 31.9 Å². The van der Waals surface area contributed by atoms with Crippen molar-refractivity contribution in [2.75, 3.05) is 25.2 Å². The molecule has 4 rings (SSSR count). The number of Topliss-reactive ketones (excluding diaryl/α,β-unsaturated/α-hetero) is 1. The van der Waals surface area contributed by atoms with E-state index in [-0.39, 0.29) is 11.3 Å². The number of rotatable bonds is 8. The van der Waals surface area contributed by atoms with E-state index in [0.29, 0.717) is 47.3 Å². The predicted molar refractivity (Wildman–Crippen MR) is 142 cm³/mol. The van der Waals surface area contributed by atoms with Crippen LogP contribution in [0.4, 0.5) is 5.69 Å². The van der Waals surface area contributed by atoms with Crippen molar-refractivity contribution in [3.63, 3.8) is 0 Å². The summed E-state index contributed by atoms with van der Waals surface area (Å²) < 4.78 is 16.7. The molecule has 7 nitrogen and oxygen atoms in total. The minimum Gasteiger partial charge on any atom is -0.507 e. The number of amides is 1. The molecule has 192 valence electrons. The van der Waals surface area contributed by atoms with Gasteiger partial charge in [0, 0.05) is 11.3 Å². The second kappa shape index (κ2) is 10.8. The van der Waals surface area contributed by atoms with E-state index in [9.17, 15) is 14.7 Å². The van der Waals surface area contributed by atoms with Gasteiger partial charge in [-0.2, -0.15) is 0 Å². The molecule has 0 spiro atoms. The van der Waals surface area contributed by atoms with E-state index >= 15 is 0 Å². The number of aliphatic hydroxyl groups is 1. The summed E-state index contributed by atoms with van der Waals surface area (Å²) in [6.45, 7) is 8.58. The number of carbonyl (C=O) groups excluding carboxylic acids is 2. The lowest BCUT2D eigenvalue weighted by Gasteiger charge is -2.26. The molecule has 1 saturated heterocycles. The molecular formula is C30H31NO6. The quantitative estimate of drug-likeness (QED) is 0.241. The van der Waals surface area contributed by atoms with E-state index in [4.69, 9.17) is 14.2 Å². The summed E-state index contributed by atoms with van der Waals surface area (Å²) in [4.78, 5) is 28.3. The highest BCUT2D eigenvalue weighted by Gasteiger charge is 2.47.